The van der Waals surface area contributed by atoms with E-state index in [1.54, 1.807) is 30.7 Å². The van der Waals surface area contributed by atoms with E-state index in [1.165, 1.54) is 0 Å². The maximum Gasteiger partial charge on any atom is 0.251 e. The molecule has 2 aromatic heterocycles. The lowest BCUT2D eigenvalue weighted by Gasteiger charge is -2.12. The van der Waals surface area contributed by atoms with E-state index in [1.807, 2.05) is 38.1 Å². The number of hydrogen-bond donors (Lipinski definition) is 1. The number of carbonyl (C=O) groups is 1. The van der Waals surface area contributed by atoms with Gasteiger partial charge in [0.25, 0.3) is 5.91 Å². The summed E-state index contributed by atoms with van der Waals surface area (Å²) in [6.45, 7) is 5.20. The van der Waals surface area contributed by atoms with E-state index in [-0.39, 0.29) is 5.91 Å². The quantitative estimate of drug-likeness (QED) is 0.650. The van der Waals surface area contributed by atoms with Crippen LogP contribution in [0, 0.1) is 0 Å². The zero-order valence-corrected chi connectivity index (χ0v) is 15.4. The highest BCUT2D eigenvalue weighted by Gasteiger charge is 2.11. The van der Waals surface area contributed by atoms with Crippen molar-refractivity contribution in [2.24, 2.45) is 0 Å². The van der Waals surface area contributed by atoms with E-state index in [2.05, 4.69) is 10.3 Å². The van der Waals surface area contributed by atoms with Crippen LogP contribution in [0.25, 0.3) is 11.5 Å². The Labute approximate surface area is 158 Å². The molecule has 2 heterocycles. The number of ether oxygens (including phenoxy) is 2. The maximum absolute atomic E-state index is 12.5. The molecule has 1 N–H and O–H groups in total. The molecule has 0 spiro atoms. The molecule has 3 rings (SSSR count). The molecule has 0 saturated carbocycles. The van der Waals surface area contributed by atoms with Crippen LogP contribution in [0.15, 0.2) is 59.3 Å². The zero-order valence-electron chi connectivity index (χ0n) is 15.4. The van der Waals surface area contributed by atoms with Crippen LogP contribution in [0.5, 0.6) is 11.5 Å². The number of aromatic nitrogens is 1. The first-order valence-corrected chi connectivity index (χ1v) is 8.88. The monoisotopic (exact) mass is 366 g/mol. The number of amides is 1. The Morgan fingerprint density at radius 1 is 1.07 bits per heavy atom. The highest BCUT2D eigenvalue weighted by atomic mass is 16.5. The molecule has 0 aliphatic carbocycles. The molecular weight excluding hydrogens is 344 g/mol. The first-order chi connectivity index (χ1) is 13.2. The normalized spacial score (nSPS) is 10.4. The number of nitrogens with zero attached hydrogens (tertiary/aromatic N) is 1. The van der Waals surface area contributed by atoms with E-state index in [0.717, 1.165) is 11.3 Å². The summed E-state index contributed by atoms with van der Waals surface area (Å²) in [6.07, 6.45) is 3.33. The molecule has 0 saturated heterocycles. The third-order valence-corrected chi connectivity index (χ3v) is 3.86. The summed E-state index contributed by atoms with van der Waals surface area (Å²) in [6, 6.07) is 12.6. The summed E-state index contributed by atoms with van der Waals surface area (Å²) >= 11 is 0. The van der Waals surface area contributed by atoms with Crippen LogP contribution in [-0.4, -0.2) is 24.1 Å². The van der Waals surface area contributed by atoms with Gasteiger partial charge in [0.05, 0.1) is 19.5 Å². The second kappa shape index (κ2) is 8.89. The Morgan fingerprint density at radius 2 is 1.89 bits per heavy atom. The van der Waals surface area contributed by atoms with Gasteiger partial charge < -0.3 is 19.2 Å². The Bertz CT molecular complexity index is 874. The summed E-state index contributed by atoms with van der Waals surface area (Å²) in [5.41, 5.74) is 2.17. The van der Waals surface area contributed by atoms with Crippen LogP contribution in [0.2, 0.25) is 0 Å². The van der Waals surface area contributed by atoms with E-state index in [9.17, 15) is 4.79 Å². The van der Waals surface area contributed by atoms with Crippen LogP contribution in [-0.2, 0) is 6.54 Å². The molecule has 140 valence electrons. The summed E-state index contributed by atoms with van der Waals surface area (Å²) in [4.78, 5) is 16.8. The van der Waals surface area contributed by atoms with Crippen LogP contribution in [0.1, 0.15) is 29.8 Å². The molecule has 0 bridgehead atoms. The van der Waals surface area contributed by atoms with Crippen molar-refractivity contribution in [1.82, 2.24) is 10.3 Å². The topological polar surface area (TPSA) is 73.6 Å². The fraction of sp³-hybridized carbons (Fsp3) is 0.238. The molecule has 3 aromatic rings. The van der Waals surface area contributed by atoms with Crippen LogP contribution < -0.4 is 14.8 Å². The van der Waals surface area contributed by atoms with Crippen LogP contribution >= 0.6 is 0 Å². The average Bonchev–Trinajstić information content (AvgIpc) is 3.23. The van der Waals surface area contributed by atoms with Gasteiger partial charge in [-0.3, -0.25) is 9.78 Å². The summed E-state index contributed by atoms with van der Waals surface area (Å²) in [5.74, 6) is 1.72. The number of rotatable bonds is 8. The van der Waals surface area contributed by atoms with Crippen molar-refractivity contribution in [3.05, 3.63) is 66.1 Å². The van der Waals surface area contributed by atoms with Gasteiger partial charge in [-0.25, -0.2) is 0 Å². The zero-order chi connectivity index (χ0) is 19.1. The molecule has 6 heteroatoms. The largest absolute Gasteiger partial charge is 0.490 e. The minimum atomic E-state index is -0.186. The minimum Gasteiger partial charge on any atom is -0.490 e. The van der Waals surface area contributed by atoms with Gasteiger partial charge in [0.2, 0.25) is 0 Å². The Hall–Kier alpha value is -3.28. The fourth-order valence-electron chi connectivity index (χ4n) is 2.58. The molecule has 0 unspecified atom stereocenters. The van der Waals surface area contributed by atoms with Gasteiger partial charge in [-0.2, -0.15) is 0 Å². The SMILES string of the molecule is CCOc1ccc(C(=O)NCc2ccc(-c3ccco3)nc2)cc1OCC. The minimum absolute atomic E-state index is 0.186. The molecular formula is C21H22N2O4. The van der Waals surface area contributed by atoms with Gasteiger partial charge in [-0.15, -0.1) is 0 Å². The lowest BCUT2D eigenvalue weighted by atomic mass is 10.1. The van der Waals surface area contributed by atoms with Gasteiger partial charge in [0.1, 0.15) is 5.69 Å². The number of benzene rings is 1. The molecule has 6 nitrogen and oxygen atoms in total. The number of nitrogens with one attached hydrogen (secondary N) is 1. The van der Waals surface area contributed by atoms with Crippen molar-refractivity contribution in [1.29, 1.82) is 0 Å². The summed E-state index contributed by atoms with van der Waals surface area (Å²) < 4.78 is 16.4. The molecule has 1 aromatic carbocycles. The van der Waals surface area contributed by atoms with Crippen LogP contribution in [0.4, 0.5) is 0 Å². The fourth-order valence-corrected chi connectivity index (χ4v) is 2.58. The third kappa shape index (κ3) is 4.67. The molecule has 0 radical (unpaired) electrons. The third-order valence-electron chi connectivity index (χ3n) is 3.86. The van der Waals surface area contributed by atoms with Gasteiger partial charge in [0, 0.05) is 18.3 Å². The molecule has 0 fully saturated rings. The lowest BCUT2D eigenvalue weighted by Crippen LogP contribution is -2.23. The molecule has 1 amide bonds. The van der Waals surface area contributed by atoms with E-state index in [4.69, 9.17) is 13.9 Å². The highest BCUT2D eigenvalue weighted by molar-refractivity contribution is 5.94. The lowest BCUT2D eigenvalue weighted by molar-refractivity contribution is 0.0950. The number of carbonyl (C=O) groups excluding carboxylic acids is 1. The Morgan fingerprint density at radius 3 is 2.56 bits per heavy atom. The standard InChI is InChI=1S/C21H22N2O4/c1-3-25-19-10-8-16(12-20(19)26-4-2)21(24)23-14-15-7-9-17(22-13-15)18-6-5-11-27-18/h5-13H,3-4,14H2,1-2H3,(H,23,24). The van der Waals surface area contributed by atoms with E-state index in [0.29, 0.717) is 42.6 Å². The summed E-state index contributed by atoms with van der Waals surface area (Å²) in [7, 11) is 0. The molecule has 0 aliphatic rings. The van der Waals surface area contributed by atoms with Crippen molar-refractivity contribution >= 4 is 5.91 Å². The van der Waals surface area contributed by atoms with Crippen molar-refractivity contribution in [3.63, 3.8) is 0 Å². The van der Waals surface area contributed by atoms with Crippen LogP contribution in [0.3, 0.4) is 0 Å². The second-order valence-electron chi connectivity index (χ2n) is 5.74. The highest BCUT2D eigenvalue weighted by Crippen LogP contribution is 2.28. The van der Waals surface area contributed by atoms with Gasteiger partial charge in [-0.05, 0) is 55.8 Å². The Kier molecular flexibility index (Phi) is 6.10. The maximum atomic E-state index is 12.5. The predicted molar refractivity (Wildman–Crippen MR) is 102 cm³/mol. The first-order valence-electron chi connectivity index (χ1n) is 8.88. The molecule has 0 atom stereocenters. The number of hydrogen-bond acceptors (Lipinski definition) is 5. The van der Waals surface area contributed by atoms with E-state index >= 15 is 0 Å². The van der Waals surface area contributed by atoms with Crippen molar-refractivity contribution in [2.45, 2.75) is 20.4 Å². The van der Waals surface area contributed by atoms with Gasteiger partial charge in [0.15, 0.2) is 17.3 Å². The van der Waals surface area contributed by atoms with Crippen molar-refractivity contribution in [2.75, 3.05) is 13.2 Å². The van der Waals surface area contributed by atoms with Gasteiger partial charge >= 0.3 is 0 Å². The molecule has 0 aliphatic heterocycles. The average molecular weight is 366 g/mol. The molecule has 27 heavy (non-hydrogen) atoms. The number of furan rings is 1. The van der Waals surface area contributed by atoms with E-state index < -0.39 is 0 Å². The smallest absolute Gasteiger partial charge is 0.251 e. The van der Waals surface area contributed by atoms with Gasteiger partial charge in [-0.1, -0.05) is 6.07 Å². The number of pyridine rings is 1. The first kappa shape index (κ1) is 18.5. The van der Waals surface area contributed by atoms with Crippen molar-refractivity contribution in [3.8, 4) is 23.0 Å². The second-order valence-corrected chi connectivity index (χ2v) is 5.74. The predicted octanol–water partition coefficient (Wildman–Crippen LogP) is 4.07. The van der Waals surface area contributed by atoms with Crippen molar-refractivity contribution < 1.29 is 18.7 Å². The Balaban J connectivity index is 1.64. The summed E-state index contributed by atoms with van der Waals surface area (Å²) in [5, 5.41) is 2.89.